The van der Waals surface area contributed by atoms with E-state index in [1.165, 1.54) is 22.4 Å². The Morgan fingerprint density at radius 2 is 1.68 bits per heavy atom. The first-order valence-corrected chi connectivity index (χ1v) is 12.0. The minimum absolute atomic E-state index is 0.851. The zero-order valence-electron chi connectivity index (χ0n) is 18.8. The van der Waals surface area contributed by atoms with Crippen molar-refractivity contribution in [2.75, 3.05) is 37.0 Å². The monoisotopic (exact) mass is 433 g/mol. The molecule has 0 fully saturated rings. The van der Waals surface area contributed by atoms with Gasteiger partial charge in [-0.1, -0.05) is 36.4 Å². The summed E-state index contributed by atoms with van der Waals surface area (Å²) in [6, 6.07) is 20.7. The standard InChI is InChI=1S/C26H31N3OS/c1-19-14-15-25-26(20(19)2)29(23-12-7-8-13-24(23)31(25)30)17-9-16-27-18-21-10-5-6-11-22(21)28(3)4/h5-8,10-15,27H,9,16-18H2,1-4H3. The van der Waals surface area contributed by atoms with Gasteiger partial charge in [0.15, 0.2) is 0 Å². The first-order chi connectivity index (χ1) is 15.0. The highest BCUT2D eigenvalue weighted by atomic mass is 32.2. The largest absolute Gasteiger partial charge is 0.377 e. The summed E-state index contributed by atoms with van der Waals surface area (Å²) >= 11 is 0. The van der Waals surface area contributed by atoms with E-state index in [0.29, 0.717) is 0 Å². The molecule has 1 aliphatic heterocycles. The molecule has 3 aromatic carbocycles. The van der Waals surface area contributed by atoms with Crippen molar-refractivity contribution in [2.45, 2.75) is 36.6 Å². The number of hydrogen-bond donors (Lipinski definition) is 1. The van der Waals surface area contributed by atoms with Crippen molar-refractivity contribution in [3.63, 3.8) is 0 Å². The van der Waals surface area contributed by atoms with Gasteiger partial charge in [-0.15, -0.1) is 0 Å². The lowest BCUT2D eigenvalue weighted by molar-refractivity contribution is 0.646. The fourth-order valence-corrected chi connectivity index (χ4v) is 5.69. The van der Waals surface area contributed by atoms with E-state index >= 15 is 0 Å². The molecule has 3 aromatic rings. The molecule has 0 saturated carbocycles. The maximum Gasteiger partial charge on any atom is 0.0892 e. The predicted octanol–water partition coefficient (Wildman–Crippen LogP) is 5.17. The van der Waals surface area contributed by atoms with E-state index in [4.69, 9.17) is 0 Å². The first kappa shape index (κ1) is 21.6. The molecule has 31 heavy (non-hydrogen) atoms. The Labute approximate surface area is 188 Å². The Balaban J connectivity index is 1.49. The van der Waals surface area contributed by atoms with Crippen LogP contribution in [0.15, 0.2) is 70.5 Å². The number of aryl methyl sites for hydroxylation is 1. The van der Waals surface area contributed by atoms with Gasteiger partial charge in [0, 0.05) is 32.9 Å². The smallest absolute Gasteiger partial charge is 0.0892 e. The molecule has 0 saturated heterocycles. The van der Waals surface area contributed by atoms with Crippen LogP contribution in [-0.2, 0) is 17.3 Å². The summed E-state index contributed by atoms with van der Waals surface area (Å²) in [5.74, 6) is 0. The molecule has 0 radical (unpaired) electrons. The van der Waals surface area contributed by atoms with Gasteiger partial charge in [0.05, 0.1) is 32.0 Å². The molecule has 0 spiro atoms. The van der Waals surface area contributed by atoms with Crippen LogP contribution in [0, 0.1) is 13.8 Å². The molecular formula is C26H31N3OS. The van der Waals surface area contributed by atoms with Gasteiger partial charge in [-0.3, -0.25) is 0 Å². The lowest BCUT2D eigenvalue weighted by Gasteiger charge is -2.34. The zero-order valence-corrected chi connectivity index (χ0v) is 19.6. The SMILES string of the molecule is Cc1ccc2c(c1C)N(CCCNCc1ccccc1N(C)C)c1ccccc1S2=O. The highest BCUT2D eigenvalue weighted by molar-refractivity contribution is 7.85. The van der Waals surface area contributed by atoms with Crippen LogP contribution in [0.25, 0.3) is 0 Å². The number of para-hydroxylation sites is 2. The number of nitrogens with zero attached hydrogens (tertiary/aromatic N) is 2. The van der Waals surface area contributed by atoms with Crippen molar-refractivity contribution >= 4 is 27.9 Å². The Morgan fingerprint density at radius 3 is 2.48 bits per heavy atom. The molecule has 1 atom stereocenters. The van der Waals surface area contributed by atoms with Gasteiger partial charge >= 0.3 is 0 Å². The van der Waals surface area contributed by atoms with Gasteiger partial charge in [-0.25, -0.2) is 4.21 Å². The van der Waals surface area contributed by atoms with Gasteiger partial charge in [-0.05, 0) is 67.8 Å². The Kier molecular flexibility index (Phi) is 6.44. The van der Waals surface area contributed by atoms with Crippen molar-refractivity contribution in [1.82, 2.24) is 5.32 Å². The molecule has 1 heterocycles. The second-order valence-electron chi connectivity index (χ2n) is 8.30. The number of nitrogens with one attached hydrogen (secondary N) is 1. The van der Waals surface area contributed by atoms with Gasteiger partial charge in [0.1, 0.15) is 0 Å². The van der Waals surface area contributed by atoms with E-state index in [1.54, 1.807) is 0 Å². The first-order valence-electron chi connectivity index (χ1n) is 10.8. The Hall–Kier alpha value is -2.63. The second-order valence-corrected chi connectivity index (χ2v) is 9.71. The van der Waals surface area contributed by atoms with E-state index in [-0.39, 0.29) is 0 Å². The van der Waals surface area contributed by atoms with Crippen molar-refractivity contribution < 1.29 is 4.21 Å². The van der Waals surface area contributed by atoms with Gasteiger partial charge in [0.25, 0.3) is 0 Å². The number of anilines is 3. The van der Waals surface area contributed by atoms with Crippen molar-refractivity contribution in [3.05, 3.63) is 77.4 Å². The van der Waals surface area contributed by atoms with Gasteiger partial charge in [-0.2, -0.15) is 0 Å². The maximum atomic E-state index is 13.2. The van der Waals surface area contributed by atoms with Crippen LogP contribution in [0.1, 0.15) is 23.1 Å². The third-order valence-electron chi connectivity index (χ3n) is 6.01. The Morgan fingerprint density at radius 1 is 0.935 bits per heavy atom. The van der Waals surface area contributed by atoms with Gasteiger partial charge in [0.2, 0.25) is 0 Å². The van der Waals surface area contributed by atoms with Crippen LogP contribution < -0.4 is 15.1 Å². The minimum Gasteiger partial charge on any atom is -0.377 e. The quantitative estimate of drug-likeness (QED) is 0.522. The summed E-state index contributed by atoms with van der Waals surface area (Å²) in [6.07, 6.45) is 0.998. The van der Waals surface area contributed by atoms with Crippen LogP contribution >= 0.6 is 0 Å². The molecule has 4 rings (SSSR count). The summed E-state index contributed by atoms with van der Waals surface area (Å²) in [5, 5.41) is 3.61. The molecule has 1 aliphatic rings. The number of benzene rings is 3. The summed E-state index contributed by atoms with van der Waals surface area (Å²) in [6.45, 7) is 6.92. The molecule has 4 nitrogen and oxygen atoms in total. The summed E-state index contributed by atoms with van der Waals surface area (Å²) in [5.41, 5.74) is 7.20. The lowest BCUT2D eigenvalue weighted by Crippen LogP contribution is -2.28. The van der Waals surface area contributed by atoms with Crippen molar-refractivity contribution in [3.8, 4) is 0 Å². The normalized spacial score (nSPS) is 14.8. The lowest BCUT2D eigenvalue weighted by atomic mass is 10.1. The summed E-state index contributed by atoms with van der Waals surface area (Å²) in [7, 11) is 3.03. The van der Waals surface area contributed by atoms with E-state index in [1.807, 2.05) is 24.3 Å². The van der Waals surface area contributed by atoms with Gasteiger partial charge < -0.3 is 15.1 Å². The maximum absolute atomic E-state index is 13.2. The zero-order chi connectivity index (χ0) is 22.0. The fourth-order valence-electron chi connectivity index (χ4n) is 4.25. The molecule has 0 aromatic heterocycles. The van der Waals surface area contributed by atoms with E-state index < -0.39 is 10.8 Å². The highest BCUT2D eigenvalue weighted by Crippen LogP contribution is 2.44. The molecule has 0 amide bonds. The Bertz CT molecular complexity index is 1110. The summed E-state index contributed by atoms with van der Waals surface area (Å²) < 4.78 is 13.2. The third kappa shape index (κ3) is 4.25. The topological polar surface area (TPSA) is 35.6 Å². The molecule has 0 aliphatic carbocycles. The molecule has 1 N–H and O–H groups in total. The summed E-state index contributed by atoms with van der Waals surface area (Å²) in [4.78, 5) is 6.36. The van der Waals surface area contributed by atoms with Crippen LogP contribution in [0.4, 0.5) is 17.1 Å². The highest BCUT2D eigenvalue weighted by Gasteiger charge is 2.29. The van der Waals surface area contributed by atoms with E-state index in [2.05, 4.69) is 79.5 Å². The molecule has 5 heteroatoms. The minimum atomic E-state index is -1.13. The second kappa shape index (κ2) is 9.25. The van der Waals surface area contributed by atoms with Crippen molar-refractivity contribution in [2.24, 2.45) is 0 Å². The van der Waals surface area contributed by atoms with E-state index in [0.717, 1.165) is 47.2 Å². The van der Waals surface area contributed by atoms with E-state index in [9.17, 15) is 4.21 Å². The number of hydrogen-bond acceptors (Lipinski definition) is 4. The van der Waals surface area contributed by atoms with Crippen LogP contribution in [0.3, 0.4) is 0 Å². The number of fused-ring (bicyclic) bond motifs is 2. The van der Waals surface area contributed by atoms with Crippen molar-refractivity contribution in [1.29, 1.82) is 0 Å². The fraction of sp³-hybridized carbons (Fsp3) is 0.308. The van der Waals surface area contributed by atoms with Crippen LogP contribution in [0.2, 0.25) is 0 Å². The molecule has 162 valence electrons. The third-order valence-corrected chi connectivity index (χ3v) is 7.49. The predicted molar refractivity (Wildman–Crippen MR) is 131 cm³/mol. The average molecular weight is 434 g/mol. The average Bonchev–Trinajstić information content (AvgIpc) is 2.78. The van der Waals surface area contributed by atoms with Crippen LogP contribution in [0.5, 0.6) is 0 Å². The molecule has 1 unspecified atom stereocenters. The molecule has 0 bridgehead atoms. The molecular weight excluding hydrogens is 402 g/mol. The number of rotatable bonds is 7. The van der Waals surface area contributed by atoms with Crippen LogP contribution in [-0.4, -0.2) is 31.4 Å².